The summed E-state index contributed by atoms with van der Waals surface area (Å²) in [5.74, 6) is -1.62. The van der Waals surface area contributed by atoms with Crippen molar-refractivity contribution in [2.24, 2.45) is 0 Å². The fourth-order valence-corrected chi connectivity index (χ4v) is 3.24. The number of amides is 2. The fraction of sp³-hybridized carbons (Fsp3) is 0.182. The number of aromatic nitrogens is 1. The number of aromatic carboxylic acids is 1. The number of carboxylic acids is 1. The number of benzene rings is 2. The SMILES string of the molecule is Cc1noc(C)c1-c1cccc(NC(=O)COCC(=O)Nc2ccc(Cl)cc2C(=O)O)c1.[Na]. The third-order valence-electron chi connectivity index (χ3n) is 4.42. The number of halogens is 1. The molecule has 0 atom stereocenters. The maximum Gasteiger partial charge on any atom is 0.337 e. The topological polar surface area (TPSA) is 131 Å². The van der Waals surface area contributed by atoms with E-state index in [0.29, 0.717) is 11.4 Å². The molecule has 33 heavy (non-hydrogen) atoms. The van der Waals surface area contributed by atoms with Crippen molar-refractivity contribution in [3.63, 3.8) is 0 Å². The van der Waals surface area contributed by atoms with Crippen LogP contribution in [0.2, 0.25) is 5.02 Å². The molecule has 0 saturated carbocycles. The Morgan fingerprint density at radius 1 is 1.06 bits per heavy atom. The Balaban J connectivity index is 0.00000385. The molecule has 11 heteroatoms. The van der Waals surface area contributed by atoms with Gasteiger partial charge in [-0.25, -0.2) is 4.79 Å². The summed E-state index contributed by atoms with van der Waals surface area (Å²) in [5, 5.41) is 18.5. The quantitative estimate of drug-likeness (QED) is 0.420. The second-order valence-electron chi connectivity index (χ2n) is 6.86. The molecule has 3 rings (SSSR count). The number of ether oxygens (including phenoxy) is 1. The van der Waals surface area contributed by atoms with Crippen molar-refractivity contribution in [2.45, 2.75) is 13.8 Å². The Hall–Kier alpha value is -2.69. The molecule has 1 heterocycles. The molecule has 0 aliphatic heterocycles. The molecule has 0 fully saturated rings. The number of carbonyl (C=O) groups is 3. The van der Waals surface area contributed by atoms with Gasteiger partial charge in [0.25, 0.3) is 0 Å². The van der Waals surface area contributed by atoms with Gasteiger partial charge in [0.2, 0.25) is 11.8 Å². The van der Waals surface area contributed by atoms with Crippen molar-refractivity contribution < 1.29 is 28.8 Å². The summed E-state index contributed by atoms with van der Waals surface area (Å²) in [7, 11) is 0. The standard InChI is InChI=1S/C22H20ClN3O6.Na/c1-12-21(13(2)32-26-12)14-4-3-5-16(8-14)24-19(27)10-31-11-20(28)25-18-7-6-15(23)9-17(18)22(29)30;/h3-9H,10-11H2,1-2H3,(H,24,27)(H,25,28)(H,29,30);. The predicted octanol–water partition coefficient (Wildman–Crippen LogP) is 3.52. The van der Waals surface area contributed by atoms with Gasteiger partial charge in [0, 0.05) is 45.8 Å². The van der Waals surface area contributed by atoms with Gasteiger partial charge in [0.1, 0.15) is 19.0 Å². The third-order valence-corrected chi connectivity index (χ3v) is 4.66. The van der Waals surface area contributed by atoms with E-state index in [1.165, 1.54) is 18.2 Å². The first-order valence-electron chi connectivity index (χ1n) is 9.48. The van der Waals surface area contributed by atoms with Gasteiger partial charge < -0.3 is 25.0 Å². The largest absolute Gasteiger partial charge is 0.478 e. The van der Waals surface area contributed by atoms with E-state index in [9.17, 15) is 19.5 Å². The fourth-order valence-electron chi connectivity index (χ4n) is 3.07. The van der Waals surface area contributed by atoms with Crippen LogP contribution < -0.4 is 10.6 Å². The number of nitrogens with one attached hydrogen (secondary N) is 2. The number of nitrogens with zero attached hydrogens (tertiary/aromatic N) is 1. The molecule has 3 aromatic rings. The van der Waals surface area contributed by atoms with Crippen LogP contribution in [-0.2, 0) is 14.3 Å². The van der Waals surface area contributed by atoms with Crippen LogP contribution in [0.15, 0.2) is 47.0 Å². The maximum absolute atomic E-state index is 12.2. The number of carbonyl (C=O) groups excluding carboxylic acids is 2. The van der Waals surface area contributed by atoms with Crippen LogP contribution in [0, 0.1) is 13.8 Å². The van der Waals surface area contributed by atoms with E-state index in [2.05, 4.69) is 15.8 Å². The summed E-state index contributed by atoms with van der Waals surface area (Å²) in [6, 6.07) is 11.2. The molecule has 9 nitrogen and oxygen atoms in total. The van der Waals surface area contributed by atoms with Gasteiger partial charge in [0.15, 0.2) is 0 Å². The Labute approximate surface area is 216 Å². The van der Waals surface area contributed by atoms with Gasteiger partial charge in [-0.15, -0.1) is 0 Å². The average molecular weight is 481 g/mol. The predicted molar refractivity (Wildman–Crippen MR) is 124 cm³/mol. The van der Waals surface area contributed by atoms with Gasteiger partial charge in [-0.1, -0.05) is 28.9 Å². The number of carboxylic acid groups (broad SMARTS) is 1. The molecule has 0 unspecified atom stereocenters. The molecule has 0 aliphatic carbocycles. The Morgan fingerprint density at radius 2 is 1.76 bits per heavy atom. The zero-order chi connectivity index (χ0) is 23.3. The van der Waals surface area contributed by atoms with Crippen molar-refractivity contribution in [3.8, 4) is 11.1 Å². The molecule has 167 valence electrons. The first-order valence-corrected chi connectivity index (χ1v) is 9.86. The van der Waals surface area contributed by atoms with Gasteiger partial charge in [0.05, 0.1) is 16.9 Å². The van der Waals surface area contributed by atoms with E-state index in [0.717, 1.165) is 16.8 Å². The first kappa shape index (κ1) is 26.6. The first-order chi connectivity index (χ1) is 15.2. The van der Waals surface area contributed by atoms with Crippen LogP contribution in [0.5, 0.6) is 0 Å². The minimum absolute atomic E-state index is 0. The van der Waals surface area contributed by atoms with E-state index in [1.54, 1.807) is 18.2 Å². The van der Waals surface area contributed by atoms with E-state index in [-0.39, 0.29) is 52.4 Å². The summed E-state index contributed by atoms with van der Waals surface area (Å²) < 4.78 is 10.3. The number of hydrogen-bond donors (Lipinski definition) is 3. The molecule has 2 aromatic carbocycles. The van der Waals surface area contributed by atoms with Crippen molar-refractivity contribution in [1.82, 2.24) is 5.16 Å². The van der Waals surface area contributed by atoms with Crippen LogP contribution in [-0.4, -0.2) is 70.8 Å². The summed E-state index contributed by atoms with van der Waals surface area (Å²) in [6.07, 6.45) is 0. The molecule has 0 aliphatic rings. The van der Waals surface area contributed by atoms with E-state index in [4.69, 9.17) is 20.9 Å². The van der Waals surface area contributed by atoms with Crippen LogP contribution >= 0.6 is 11.6 Å². The second-order valence-corrected chi connectivity index (χ2v) is 7.30. The second kappa shape index (κ2) is 12.0. The number of hydrogen-bond acceptors (Lipinski definition) is 6. The van der Waals surface area contributed by atoms with Crippen LogP contribution in [0.3, 0.4) is 0 Å². The monoisotopic (exact) mass is 480 g/mol. The summed E-state index contributed by atoms with van der Waals surface area (Å²) in [5.41, 5.74) is 2.92. The van der Waals surface area contributed by atoms with Gasteiger partial charge in [-0.3, -0.25) is 9.59 Å². The Kier molecular flexibility index (Phi) is 9.63. The van der Waals surface area contributed by atoms with E-state index < -0.39 is 24.4 Å². The van der Waals surface area contributed by atoms with Crippen LogP contribution in [0.4, 0.5) is 11.4 Å². The van der Waals surface area contributed by atoms with E-state index in [1.807, 2.05) is 19.9 Å². The molecular formula is C22H20ClN3NaO6. The smallest absolute Gasteiger partial charge is 0.337 e. The molecular weight excluding hydrogens is 461 g/mol. The summed E-state index contributed by atoms with van der Waals surface area (Å²) in [6.45, 7) is 2.84. The zero-order valence-electron chi connectivity index (χ0n) is 18.3. The maximum atomic E-state index is 12.2. The summed E-state index contributed by atoms with van der Waals surface area (Å²) >= 11 is 5.78. The number of aryl methyl sites for hydroxylation is 2. The third kappa shape index (κ3) is 7.15. The van der Waals surface area contributed by atoms with Gasteiger partial charge >= 0.3 is 5.97 Å². The van der Waals surface area contributed by atoms with Gasteiger partial charge in [-0.2, -0.15) is 0 Å². The minimum atomic E-state index is -1.23. The number of anilines is 2. The Morgan fingerprint density at radius 3 is 2.39 bits per heavy atom. The zero-order valence-corrected chi connectivity index (χ0v) is 21.0. The molecule has 1 radical (unpaired) electrons. The molecule has 2 amide bonds. The van der Waals surface area contributed by atoms with Crippen molar-refractivity contribution in [2.75, 3.05) is 23.8 Å². The van der Waals surface area contributed by atoms with Crippen molar-refractivity contribution in [3.05, 3.63) is 64.5 Å². The van der Waals surface area contributed by atoms with Crippen LogP contribution in [0.1, 0.15) is 21.8 Å². The van der Waals surface area contributed by atoms with Crippen molar-refractivity contribution in [1.29, 1.82) is 0 Å². The normalized spacial score (nSPS) is 10.3. The molecule has 1 aromatic heterocycles. The van der Waals surface area contributed by atoms with E-state index >= 15 is 0 Å². The summed E-state index contributed by atoms with van der Waals surface area (Å²) in [4.78, 5) is 35.5. The van der Waals surface area contributed by atoms with Gasteiger partial charge in [-0.05, 0) is 49.7 Å². The molecule has 3 N–H and O–H groups in total. The number of rotatable bonds is 8. The van der Waals surface area contributed by atoms with Crippen molar-refractivity contribution >= 4 is 70.3 Å². The Bertz CT molecular complexity index is 1160. The molecule has 0 saturated heterocycles. The minimum Gasteiger partial charge on any atom is -0.478 e. The van der Waals surface area contributed by atoms with Crippen LogP contribution in [0.25, 0.3) is 11.1 Å². The average Bonchev–Trinajstić information content (AvgIpc) is 3.07. The molecule has 0 bridgehead atoms. The molecule has 0 spiro atoms.